The number of hydrogen-bond acceptors (Lipinski definition) is 3. The molecule has 0 atom stereocenters. The summed E-state index contributed by atoms with van der Waals surface area (Å²) in [5, 5.41) is 0. The van der Waals surface area contributed by atoms with Crippen molar-refractivity contribution < 1.29 is 18.0 Å². The van der Waals surface area contributed by atoms with Crippen LogP contribution < -0.4 is 10.6 Å². The van der Waals surface area contributed by atoms with Crippen molar-refractivity contribution in [3.05, 3.63) is 66.1 Å². The second-order valence-electron chi connectivity index (χ2n) is 7.03. The van der Waals surface area contributed by atoms with E-state index in [4.69, 9.17) is 5.73 Å². The molecule has 0 fully saturated rings. The van der Waals surface area contributed by atoms with Crippen LogP contribution in [0.2, 0.25) is 0 Å². The highest BCUT2D eigenvalue weighted by atomic mass is 19.4. The second-order valence-corrected chi connectivity index (χ2v) is 7.03. The smallest absolute Gasteiger partial charge is 0.366 e. The Morgan fingerprint density at radius 1 is 1.10 bits per heavy atom. The molecular formula is C21H21F3N4O. The van der Waals surface area contributed by atoms with Crippen LogP contribution in [0.5, 0.6) is 0 Å². The summed E-state index contributed by atoms with van der Waals surface area (Å²) < 4.78 is 42.4. The van der Waals surface area contributed by atoms with Crippen LogP contribution in [0.1, 0.15) is 29.8 Å². The lowest BCUT2D eigenvalue weighted by Crippen LogP contribution is -2.26. The number of amides is 1. The van der Waals surface area contributed by atoms with Gasteiger partial charge >= 0.3 is 6.18 Å². The van der Waals surface area contributed by atoms with E-state index in [1.54, 1.807) is 42.1 Å². The van der Waals surface area contributed by atoms with Gasteiger partial charge in [-0.25, -0.2) is 4.98 Å². The minimum Gasteiger partial charge on any atom is -0.366 e. The standard InChI is InChI=1S/C21H21F3N4O/c1-13(2)28(15-6-4-14(5-7-15)20(25)29)16-8-9-18(21(22,23)24)17(10-16)19-11-27(3)12-26-19/h4-13H,1-3H3,(H2,25,29). The summed E-state index contributed by atoms with van der Waals surface area (Å²) in [7, 11) is 1.70. The number of nitrogens with zero attached hydrogens (tertiary/aromatic N) is 3. The van der Waals surface area contributed by atoms with Crippen molar-refractivity contribution >= 4 is 17.3 Å². The largest absolute Gasteiger partial charge is 0.417 e. The molecule has 0 aliphatic carbocycles. The average Bonchev–Trinajstić information content (AvgIpc) is 3.07. The predicted octanol–water partition coefficient (Wildman–Crippen LogP) is 4.75. The Bertz CT molecular complexity index is 1020. The zero-order valence-electron chi connectivity index (χ0n) is 16.2. The molecule has 0 aliphatic rings. The fraction of sp³-hybridized carbons (Fsp3) is 0.238. The van der Waals surface area contributed by atoms with E-state index in [1.165, 1.54) is 18.5 Å². The van der Waals surface area contributed by atoms with E-state index in [0.29, 0.717) is 11.3 Å². The summed E-state index contributed by atoms with van der Waals surface area (Å²) in [4.78, 5) is 17.3. The van der Waals surface area contributed by atoms with Gasteiger partial charge in [-0.15, -0.1) is 0 Å². The normalized spacial score (nSPS) is 11.7. The van der Waals surface area contributed by atoms with Crippen molar-refractivity contribution in [2.45, 2.75) is 26.1 Å². The van der Waals surface area contributed by atoms with Crippen LogP contribution in [0.4, 0.5) is 24.5 Å². The Hall–Kier alpha value is -3.29. The van der Waals surface area contributed by atoms with E-state index < -0.39 is 17.6 Å². The number of aromatic nitrogens is 2. The maximum absolute atomic E-state index is 13.6. The first-order chi connectivity index (χ1) is 13.6. The number of carbonyl (C=O) groups excluding carboxylic acids is 1. The zero-order valence-corrected chi connectivity index (χ0v) is 16.2. The fourth-order valence-electron chi connectivity index (χ4n) is 3.22. The van der Waals surface area contributed by atoms with Crippen LogP contribution in [-0.4, -0.2) is 21.5 Å². The molecule has 29 heavy (non-hydrogen) atoms. The summed E-state index contributed by atoms with van der Waals surface area (Å²) in [6.45, 7) is 3.86. The van der Waals surface area contributed by atoms with E-state index >= 15 is 0 Å². The number of carbonyl (C=O) groups is 1. The summed E-state index contributed by atoms with van der Waals surface area (Å²) in [6.07, 6.45) is -1.49. The molecular weight excluding hydrogens is 381 g/mol. The van der Waals surface area contributed by atoms with Gasteiger partial charge in [-0.1, -0.05) is 0 Å². The third-order valence-corrected chi connectivity index (χ3v) is 4.51. The number of hydrogen-bond donors (Lipinski definition) is 1. The molecule has 1 amide bonds. The SMILES string of the molecule is CC(C)N(c1ccc(C(N)=O)cc1)c1ccc(C(F)(F)F)c(-c2cn(C)cn2)c1. The molecule has 5 nitrogen and oxygen atoms in total. The second kappa shape index (κ2) is 7.62. The summed E-state index contributed by atoms with van der Waals surface area (Å²) in [5.41, 5.74) is 6.47. The van der Waals surface area contributed by atoms with Gasteiger partial charge in [0.05, 0.1) is 17.6 Å². The Morgan fingerprint density at radius 3 is 2.21 bits per heavy atom. The first-order valence-electron chi connectivity index (χ1n) is 8.96. The van der Waals surface area contributed by atoms with Gasteiger partial charge < -0.3 is 15.2 Å². The molecule has 1 aromatic heterocycles. The van der Waals surface area contributed by atoms with Gasteiger partial charge in [-0.3, -0.25) is 4.79 Å². The number of halogens is 3. The summed E-state index contributed by atoms with van der Waals surface area (Å²) in [5.74, 6) is -0.542. The lowest BCUT2D eigenvalue weighted by molar-refractivity contribution is -0.137. The minimum atomic E-state index is -4.50. The maximum Gasteiger partial charge on any atom is 0.417 e. The number of benzene rings is 2. The van der Waals surface area contributed by atoms with Crippen molar-refractivity contribution in [2.75, 3.05) is 4.90 Å². The maximum atomic E-state index is 13.6. The van der Waals surface area contributed by atoms with Gasteiger partial charge in [0.15, 0.2) is 0 Å². The van der Waals surface area contributed by atoms with E-state index in [0.717, 1.165) is 11.8 Å². The fourth-order valence-corrected chi connectivity index (χ4v) is 3.22. The van der Waals surface area contributed by atoms with Crippen LogP contribution in [0.25, 0.3) is 11.3 Å². The van der Waals surface area contributed by atoms with E-state index in [1.807, 2.05) is 18.7 Å². The highest BCUT2D eigenvalue weighted by Gasteiger charge is 2.34. The van der Waals surface area contributed by atoms with Gasteiger partial charge in [0.2, 0.25) is 5.91 Å². The molecule has 0 radical (unpaired) electrons. The Kier molecular flexibility index (Phi) is 5.37. The molecule has 152 valence electrons. The molecule has 1 heterocycles. The van der Waals surface area contributed by atoms with Gasteiger partial charge in [-0.05, 0) is 56.3 Å². The Labute approximate surface area is 166 Å². The zero-order chi connectivity index (χ0) is 21.3. The molecule has 0 saturated carbocycles. The van der Waals surface area contributed by atoms with E-state index in [-0.39, 0.29) is 17.3 Å². The Balaban J connectivity index is 2.13. The number of anilines is 2. The summed E-state index contributed by atoms with van der Waals surface area (Å²) >= 11 is 0. The third kappa shape index (κ3) is 4.26. The number of nitrogens with two attached hydrogens (primary N) is 1. The molecule has 3 rings (SSSR count). The highest BCUT2D eigenvalue weighted by molar-refractivity contribution is 5.93. The molecule has 2 N–H and O–H groups in total. The van der Waals surface area contributed by atoms with Crippen LogP contribution >= 0.6 is 0 Å². The van der Waals surface area contributed by atoms with Gasteiger partial charge in [-0.2, -0.15) is 13.2 Å². The Morgan fingerprint density at radius 2 is 1.72 bits per heavy atom. The first kappa shape index (κ1) is 20.4. The van der Waals surface area contributed by atoms with Crippen LogP contribution in [0, 0.1) is 0 Å². The van der Waals surface area contributed by atoms with Crippen LogP contribution in [0.3, 0.4) is 0 Å². The molecule has 0 saturated heterocycles. The lowest BCUT2D eigenvalue weighted by atomic mass is 10.0. The van der Waals surface area contributed by atoms with Crippen molar-refractivity contribution in [1.29, 1.82) is 0 Å². The number of alkyl halides is 3. The van der Waals surface area contributed by atoms with Gasteiger partial charge in [0, 0.05) is 41.8 Å². The van der Waals surface area contributed by atoms with Crippen molar-refractivity contribution in [3.63, 3.8) is 0 Å². The molecule has 3 aromatic rings. The molecule has 2 aromatic carbocycles. The van der Waals surface area contributed by atoms with E-state index in [2.05, 4.69) is 4.98 Å². The third-order valence-electron chi connectivity index (χ3n) is 4.51. The van der Waals surface area contributed by atoms with E-state index in [9.17, 15) is 18.0 Å². The predicted molar refractivity (Wildman–Crippen MR) is 106 cm³/mol. The monoisotopic (exact) mass is 402 g/mol. The summed E-state index contributed by atoms with van der Waals surface area (Å²) in [6, 6.07) is 10.6. The van der Waals surface area contributed by atoms with Crippen LogP contribution in [-0.2, 0) is 13.2 Å². The molecule has 0 spiro atoms. The topological polar surface area (TPSA) is 64.2 Å². The van der Waals surface area contributed by atoms with Crippen molar-refractivity contribution in [1.82, 2.24) is 9.55 Å². The van der Waals surface area contributed by atoms with Gasteiger partial charge in [0.1, 0.15) is 0 Å². The van der Waals surface area contributed by atoms with Crippen molar-refractivity contribution in [2.24, 2.45) is 12.8 Å². The number of aryl methyl sites for hydroxylation is 1. The van der Waals surface area contributed by atoms with Gasteiger partial charge in [0.25, 0.3) is 0 Å². The minimum absolute atomic E-state index is 0.00926. The molecule has 0 bridgehead atoms. The lowest BCUT2D eigenvalue weighted by Gasteiger charge is -2.30. The first-order valence-corrected chi connectivity index (χ1v) is 8.96. The van der Waals surface area contributed by atoms with Crippen molar-refractivity contribution in [3.8, 4) is 11.3 Å². The molecule has 0 unspecified atom stereocenters. The van der Waals surface area contributed by atoms with Crippen LogP contribution in [0.15, 0.2) is 55.0 Å². The highest BCUT2D eigenvalue weighted by Crippen LogP contribution is 2.40. The molecule has 0 aliphatic heterocycles. The average molecular weight is 402 g/mol. The quantitative estimate of drug-likeness (QED) is 0.670. The number of primary amides is 1. The number of rotatable bonds is 5. The molecule has 8 heteroatoms. The number of imidazole rings is 1.